The zero-order chi connectivity index (χ0) is 15.5. The van der Waals surface area contributed by atoms with Crippen molar-refractivity contribution >= 4 is 11.8 Å². The Hall–Kier alpha value is -1.89. The third kappa shape index (κ3) is 3.14. The van der Waals surface area contributed by atoms with Crippen LogP contribution in [0.1, 0.15) is 25.7 Å². The van der Waals surface area contributed by atoms with Gasteiger partial charge >= 0.3 is 5.97 Å². The Balaban J connectivity index is 1.55. The highest BCUT2D eigenvalue weighted by Gasteiger charge is 2.36. The van der Waals surface area contributed by atoms with Crippen LogP contribution >= 0.6 is 0 Å². The van der Waals surface area contributed by atoms with E-state index in [2.05, 4.69) is 14.9 Å². The second-order valence-electron chi connectivity index (χ2n) is 5.82. The molecule has 2 fully saturated rings. The normalized spacial score (nSPS) is 26.1. The molecule has 1 aromatic rings. The molecule has 1 aromatic heterocycles. The van der Waals surface area contributed by atoms with Crippen molar-refractivity contribution in [3.05, 3.63) is 12.4 Å². The van der Waals surface area contributed by atoms with Crippen molar-refractivity contribution in [3.63, 3.8) is 0 Å². The van der Waals surface area contributed by atoms with Gasteiger partial charge in [-0.1, -0.05) is 0 Å². The molecule has 22 heavy (non-hydrogen) atoms. The number of aliphatic carboxylic acids is 1. The van der Waals surface area contributed by atoms with Gasteiger partial charge in [0.1, 0.15) is 12.1 Å². The quantitative estimate of drug-likeness (QED) is 0.898. The molecule has 3 rings (SSSR count). The third-order valence-electron chi connectivity index (χ3n) is 4.55. The summed E-state index contributed by atoms with van der Waals surface area (Å²) in [6.45, 7) is 1.78. The number of anilines is 1. The van der Waals surface area contributed by atoms with Crippen LogP contribution in [0.25, 0.3) is 0 Å². The van der Waals surface area contributed by atoms with Gasteiger partial charge in [-0.3, -0.25) is 0 Å². The van der Waals surface area contributed by atoms with Gasteiger partial charge in [0.15, 0.2) is 6.10 Å². The lowest BCUT2D eigenvalue weighted by Gasteiger charge is -2.35. The number of aromatic nitrogens is 2. The number of piperidine rings is 1. The smallest absolute Gasteiger partial charge is 0.332 e. The van der Waals surface area contributed by atoms with Gasteiger partial charge in [-0.05, 0) is 31.6 Å². The van der Waals surface area contributed by atoms with E-state index in [0.717, 1.165) is 38.2 Å². The van der Waals surface area contributed by atoms with E-state index in [1.807, 2.05) is 6.07 Å². The number of ether oxygens (including phenoxy) is 2. The molecule has 0 bridgehead atoms. The molecule has 2 aliphatic heterocycles. The Morgan fingerprint density at radius 3 is 2.73 bits per heavy atom. The van der Waals surface area contributed by atoms with Crippen LogP contribution in [-0.2, 0) is 9.53 Å². The monoisotopic (exact) mass is 307 g/mol. The first-order chi connectivity index (χ1) is 10.7. The van der Waals surface area contributed by atoms with E-state index in [-0.39, 0.29) is 6.10 Å². The van der Waals surface area contributed by atoms with E-state index in [9.17, 15) is 4.79 Å². The van der Waals surface area contributed by atoms with Crippen molar-refractivity contribution in [1.82, 2.24) is 9.97 Å². The molecule has 0 amide bonds. The van der Waals surface area contributed by atoms with E-state index >= 15 is 0 Å². The molecule has 2 saturated heterocycles. The molecular weight excluding hydrogens is 286 g/mol. The van der Waals surface area contributed by atoms with Crippen molar-refractivity contribution in [3.8, 4) is 5.88 Å². The molecule has 0 aliphatic carbocycles. The predicted octanol–water partition coefficient (Wildman–Crippen LogP) is 1.33. The van der Waals surface area contributed by atoms with Crippen LogP contribution in [0.4, 0.5) is 5.82 Å². The molecule has 7 nitrogen and oxygen atoms in total. The predicted molar refractivity (Wildman–Crippen MR) is 79.1 cm³/mol. The Morgan fingerprint density at radius 1 is 1.32 bits per heavy atom. The van der Waals surface area contributed by atoms with E-state index in [4.69, 9.17) is 14.6 Å². The van der Waals surface area contributed by atoms with Crippen molar-refractivity contribution in [1.29, 1.82) is 0 Å². The Labute approximate surface area is 129 Å². The molecule has 1 N–H and O–H groups in total. The summed E-state index contributed by atoms with van der Waals surface area (Å²) in [7, 11) is 1.59. The average Bonchev–Trinajstić information content (AvgIpc) is 3.05. The van der Waals surface area contributed by atoms with E-state index in [0.29, 0.717) is 18.2 Å². The van der Waals surface area contributed by atoms with Gasteiger partial charge in [0.25, 0.3) is 0 Å². The van der Waals surface area contributed by atoms with Crippen LogP contribution in [0.2, 0.25) is 0 Å². The van der Waals surface area contributed by atoms with E-state index < -0.39 is 12.1 Å². The van der Waals surface area contributed by atoms with Crippen molar-refractivity contribution in [2.75, 3.05) is 25.1 Å². The fourth-order valence-corrected chi connectivity index (χ4v) is 3.31. The maximum atomic E-state index is 11.0. The summed E-state index contributed by atoms with van der Waals surface area (Å²) in [5.74, 6) is 1.04. The van der Waals surface area contributed by atoms with E-state index in [1.165, 1.54) is 6.33 Å². The topological polar surface area (TPSA) is 84.8 Å². The Kier molecular flexibility index (Phi) is 4.42. The lowest BCUT2D eigenvalue weighted by molar-refractivity contribution is -0.150. The summed E-state index contributed by atoms with van der Waals surface area (Å²) in [5.41, 5.74) is 0. The fourth-order valence-electron chi connectivity index (χ4n) is 3.31. The standard InChI is InChI=1S/C15H21N3O4/c1-21-14-8-13(16-9-17-14)18-6-4-10(5-7-18)11-2-3-12(22-11)15(19)20/h8-12H,2-7H2,1H3,(H,19,20)/t11-,12+/m0/s1. The number of carboxylic acids is 1. The molecule has 3 heterocycles. The molecule has 0 aromatic carbocycles. The summed E-state index contributed by atoms with van der Waals surface area (Å²) < 4.78 is 10.8. The maximum Gasteiger partial charge on any atom is 0.332 e. The minimum absolute atomic E-state index is 0.0863. The molecule has 120 valence electrons. The minimum Gasteiger partial charge on any atom is -0.481 e. The van der Waals surface area contributed by atoms with Crippen LogP contribution in [0.3, 0.4) is 0 Å². The SMILES string of the molecule is COc1cc(N2CCC([C@@H]3CC[C@H](C(=O)O)O3)CC2)ncn1. The van der Waals surface area contributed by atoms with Gasteiger partial charge in [0, 0.05) is 19.2 Å². The number of hydrogen-bond donors (Lipinski definition) is 1. The first-order valence-corrected chi connectivity index (χ1v) is 7.66. The first kappa shape index (κ1) is 15.0. The van der Waals surface area contributed by atoms with Gasteiger partial charge in [0.05, 0.1) is 13.2 Å². The molecule has 0 unspecified atom stereocenters. The van der Waals surface area contributed by atoms with Crippen LogP contribution in [0.15, 0.2) is 12.4 Å². The maximum absolute atomic E-state index is 11.0. The molecule has 0 radical (unpaired) electrons. The number of nitrogens with zero attached hydrogens (tertiary/aromatic N) is 3. The van der Waals surface area contributed by atoms with Crippen LogP contribution in [0.5, 0.6) is 5.88 Å². The average molecular weight is 307 g/mol. The van der Waals surface area contributed by atoms with Gasteiger partial charge in [-0.2, -0.15) is 0 Å². The van der Waals surface area contributed by atoms with Gasteiger partial charge in [-0.25, -0.2) is 14.8 Å². The molecule has 2 aliphatic rings. The second-order valence-corrected chi connectivity index (χ2v) is 5.82. The summed E-state index contributed by atoms with van der Waals surface area (Å²) >= 11 is 0. The summed E-state index contributed by atoms with van der Waals surface area (Å²) in [6, 6.07) is 1.84. The zero-order valence-electron chi connectivity index (χ0n) is 12.6. The largest absolute Gasteiger partial charge is 0.481 e. The second kappa shape index (κ2) is 6.48. The fraction of sp³-hybridized carbons (Fsp3) is 0.667. The Bertz CT molecular complexity index is 531. The highest BCUT2D eigenvalue weighted by atomic mass is 16.5. The Morgan fingerprint density at radius 2 is 2.09 bits per heavy atom. The highest BCUT2D eigenvalue weighted by Crippen LogP contribution is 2.33. The minimum atomic E-state index is -0.840. The first-order valence-electron chi connectivity index (χ1n) is 7.66. The van der Waals surface area contributed by atoms with Crippen molar-refractivity contribution in [2.45, 2.75) is 37.9 Å². The number of carbonyl (C=O) groups is 1. The number of carboxylic acid groups (broad SMARTS) is 1. The molecule has 0 saturated carbocycles. The number of methoxy groups -OCH3 is 1. The molecule has 2 atom stereocenters. The zero-order valence-corrected chi connectivity index (χ0v) is 12.6. The summed E-state index contributed by atoms with van der Waals surface area (Å²) in [4.78, 5) is 21.5. The van der Waals surface area contributed by atoms with Gasteiger partial charge in [-0.15, -0.1) is 0 Å². The van der Waals surface area contributed by atoms with Crippen LogP contribution in [0, 0.1) is 5.92 Å². The number of hydrogen-bond acceptors (Lipinski definition) is 6. The lowest BCUT2D eigenvalue weighted by Crippen LogP contribution is -2.38. The van der Waals surface area contributed by atoms with Crippen molar-refractivity contribution in [2.24, 2.45) is 5.92 Å². The molecule has 7 heteroatoms. The van der Waals surface area contributed by atoms with Gasteiger partial charge < -0.3 is 19.5 Å². The molecule has 0 spiro atoms. The number of rotatable bonds is 4. The summed E-state index contributed by atoms with van der Waals surface area (Å²) in [5, 5.41) is 9.01. The third-order valence-corrected chi connectivity index (χ3v) is 4.55. The van der Waals surface area contributed by atoms with E-state index in [1.54, 1.807) is 7.11 Å². The van der Waals surface area contributed by atoms with Gasteiger partial charge in [0.2, 0.25) is 5.88 Å². The van der Waals surface area contributed by atoms with Crippen LogP contribution in [-0.4, -0.2) is 53.5 Å². The lowest BCUT2D eigenvalue weighted by atomic mass is 9.90. The van der Waals surface area contributed by atoms with Crippen LogP contribution < -0.4 is 9.64 Å². The molecular formula is C15H21N3O4. The highest BCUT2D eigenvalue weighted by molar-refractivity contribution is 5.72. The summed E-state index contributed by atoms with van der Waals surface area (Å²) in [6.07, 6.45) is 4.44. The van der Waals surface area contributed by atoms with Crippen molar-refractivity contribution < 1.29 is 19.4 Å².